The second kappa shape index (κ2) is 10.6. The molecule has 0 spiro atoms. The summed E-state index contributed by atoms with van der Waals surface area (Å²) in [4.78, 5) is 2.49. The molecule has 3 rings (SSSR count). The number of amidine groups is 2. The highest BCUT2D eigenvalue weighted by atomic mass is 32.2. The third kappa shape index (κ3) is 7.01. The van der Waals surface area contributed by atoms with Crippen molar-refractivity contribution in [2.45, 2.75) is 45.6 Å². The molecule has 2 aliphatic heterocycles. The van der Waals surface area contributed by atoms with Gasteiger partial charge in [-0.1, -0.05) is 25.5 Å². The van der Waals surface area contributed by atoms with Crippen molar-refractivity contribution in [3.8, 4) is 5.75 Å². The van der Waals surface area contributed by atoms with Crippen LogP contribution in [0, 0.1) is 0 Å². The Morgan fingerprint density at radius 3 is 2.52 bits per heavy atom. The van der Waals surface area contributed by atoms with E-state index in [1.807, 2.05) is 19.1 Å². The predicted octanol–water partition coefficient (Wildman–Crippen LogP) is 2.09. The lowest BCUT2D eigenvalue weighted by Crippen LogP contribution is -2.39. The van der Waals surface area contributed by atoms with Crippen LogP contribution in [0.5, 0.6) is 5.75 Å². The fourth-order valence-electron chi connectivity index (χ4n) is 3.39. The van der Waals surface area contributed by atoms with E-state index in [0.717, 1.165) is 25.1 Å². The lowest BCUT2D eigenvalue weighted by Gasteiger charge is -2.26. The highest BCUT2D eigenvalue weighted by Gasteiger charge is 2.23. The van der Waals surface area contributed by atoms with E-state index in [1.165, 1.54) is 37.9 Å². The van der Waals surface area contributed by atoms with Crippen molar-refractivity contribution in [2.75, 3.05) is 32.8 Å². The highest BCUT2D eigenvalue weighted by molar-refractivity contribution is 7.89. The smallest absolute Gasteiger partial charge is 0.367 e. The van der Waals surface area contributed by atoms with Crippen LogP contribution in [0.25, 0.3) is 0 Å². The number of benzene rings is 1. The maximum atomic E-state index is 11.6. The van der Waals surface area contributed by atoms with Gasteiger partial charge in [0.1, 0.15) is 5.75 Å². The van der Waals surface area contributed by atoms with Gasteiger partial charge in [0.2, 0.25) is 0 Å². The van der Waals surface area contributed by atoms with Crippen molar-refractivity contribution >= 4 is 21.9 Å². The molecule has 0 aromatic heterocycles. The Balaban J connectivity index is 1.40. The Hall–Kier alpha value is -2.13. The summed E-state index contributed by atoms with van der Waals surface area (Å²) in [6.07, 6.45) is 5.51. The summed E-state index contributed by atoms with van der Waals surface area (Å²) in [5.74, 6) is 1.44. The molecule has 0 bridgehead atoms. The summed E-state index contributed by atoms with van der Waals surface area (Å²) in [5.41, 5.74) is 1.27. The van der Waals surface area contributed by atoms with Crippen molar-refractivity contribution < 1.29 is 13.2 Å². The van der Waals surface area contributed by atoms with Gasteiger partial charge in [-0.2, -0.15) is 8.42 Å². The Morgan fingerprint density at radius 1 is 1.07 bits per heavy atom. The molecule has 9 heteroatoms. The van der Waals surface area contributed by atoms with Crippen molar-refractivity contribution in [1.29, 1.82) is 0 Å². The van der Waals surface area contributed by atoms with E-state index in [-0.39, 0.29) is 11.7 Å². The van der Waals surface area contributed by atoms with Crippen LogP contribution in [0.15, 0.2) is 33.1 Å². The second-order valence-electron chi connectivity index (χ2n) is 7.37. The first kappa shape index (κ1) is 21.6. The monoisotopic (exact) mass is 421 g/mol. The van der Waals surface area contributed by atoms with E-state index in [1.54, 1.807) is 0 Å². The lowest BCUT2D eigenvalue weighted by molar-refractivity contribution is 0.220. The van der Waals surface area contributed by atoms with Crippen LogP contribution in [0.3, 0.4) is 0 Å². The van der Waals surface area contributed by atoms with Crippen molar-refractivity contribution in [1.82, 2.24) is 15.5 Å². The average molecular weight is 422 g/mol. The predicted molar refractivity (Wildman–Crippen MR) is 116 cm³/mol. The first-order valence-corrected chi connectivity index (χ1v) is 11.8. The number of hydrogen-bond acceptors (Lipinski definition) is 6. The molecule has 0 aliphatic carbocycles. The van der Waals surface area contributed by atoms with Gasteiger partial charge in [0.25, 0.3) is 0 Å². The maximum Gasteiger partial charge on any atom is 0.367 e. The van der Waals surface area contributed by atoms with Crippen LogP contribution in [-0.2, 0) is 16.8 Å². The lowest BCUT2D eigenvalue weighted by atomic mass is 10.1. The number of hydrogen-bond donors (Lipinski definition) is 2. The van der Waals surface area contributed by atoms with E-state index in [0.29, 0.717) is 19.7 Å². The molecular weight excluding hydrogens is 390 g/mol. The third-order valence-corrected chi connectivity index (χ3v) is 5.64. The van der Waals surface area contributed by atoms with E-state index >= 15 is 0 Å². The summed E-state index contributed by atoms with van der Waals surface area (Å²) in [6.45, 7) is 7.05. The van der Waals surface area contributed by atoms with Crippen LogP contribution < -0.4 is 15.4 Å². The Labute approximate surface area is 173 Å². The van der Waals surface area contributed by atoms with Gasteiger partial charge in [-0.25, -0.2) is 0 Å². The number of nitrogens with zero attached hydrogens (tertiary/aromatic N) is 3. The molecule has 1 aromatic carbocycles. The average Bonchev–Trinajstić information content (AvgIpc) is 3.00. The van der Waals surface area contributed by atoms with Gasteiger partial charge in [-0.3, -0.25) is 4.90 Å². The summed E-state index contributed by atoms with van der Waals surface area (Å²) < 4.78 is 36.3. The molecule has 1 saturated heterocycles. The molecule has 2 heterocycles. The van der Waals surface area contributed by atoms with Gasteiger partial charge in [0.05, 0.1) is 6.61 Å². The van der Waals surface area contributed by atoms with Gasteiger partial charge in [0, 0.05) is 19.6 Å². The molecule has 0 unspecified atom stereocenters. The molecule has 160 valence electrons. The molecule has 0 saturated carbocycles. The maximum absolute atomic E-state index is 11.6. The fraction of sp³-hybridized carbons (Fsp3) is 0.600. The topological polar surface area (TPSA) is 95.4 Å². The minimum Gasteiger partial charge on any atom is -0.494 e. The van der Waals surface area contributed by atoms with Gasteiger partial charge in [-0.05, 0) is 56.5 Å². The standard InChI is InChI=1S/C20H31N5O3S/c1-2-10-21-19-20(24-29(26,27)23-19)22-11-7-14-28-18-9-6-8-17(15-18)16-25-12-4-3-5-13-25/h6,8-9,15H,2-5,7,10-14,16H2,1H3,(H,21,23)(H,22,24). The molecule has 2 aliphatic rings. The third-order valence-electron chi connectivity index (χ3n) is 4.82. The highest BCUT2D eigenvalue weighted by Crippen LogP contribution is 2.17. The normalized spacial score (nSPS) is 18.8. The van der Waals surface area contributed by atoms with Gasteiger partial charge >= 0.3 is 10.2 Å². The van der Waals surface area contributed by atoms with Crippen molar-refractivity contribution in [3.63, 3.8) is 0 Å². The fourth-order valence-corrected chi connectivity index (χ4v) is 4.20. The molecule has 2 N–H and O–H groups in total. The minimum atomic E-state index is -3.76. The van der Waals surface area contributed by atoms with Gasteiger partial charge in [0.15, 0.2) is 11.7 Å². The second-order valence-corrected chi connectivity index (χ2v) is 8.63. The van der Waals surface area contributed by atoms with Gasteiger partial charge in [-0.15, -0.1) is 8.80 Å². The number of ether oxygens (including phenoxy) is 1. The van der Waals surface area contributed by atoms with E-state index < -0.39 is 10.2 Å². The zero-order valence-electron chi connectivity index (χ0n) is 17.1. The molecule has 1 aromatic rings. The molecular formula is C20H31N5O3S. The summed E-state index contributed by atoms with van der Waals surface area (Å²) in [7, 11) is -3.76. The van der Waals surface area contributed by atoms with E-state index in [4.69, 9.17) is 4.74 Å². The first-order valence-electron chi connectivity index (χ1n) is 10.4. The zero-order chi connectivity index (χ0) is 20.5. The molecule has 0 atom stereocenters. The number of nitrogens with one attached hydrogen (secondary N) is 2. The molecule has 0 amide bonds. The van der Waals surface area contributed by atoms with Crippen LogP contribution in [0.2, 0.25) is 0 Å². The Morgan fingerprint density at radius 2 is 1.79 bits per heavy atom. The zero-order valence-corrected chi connectivity index (χ0v) is 17.9. The molecule has 0 radical (unpaired) electrons. The number of piperidine rings is 1. The van der Waals surface area contributed by atoms with Gasteiger partial charge < -0.3 is 15.4 Å². The largest absolute Gasteiger partial charge is 0.494 e. The minimum absolute atomic E-state index is 0.280. The first-order chi connectivity index (χ1) is 14.1. The van der Waals surface area contributed by atoms with E-state index in [9.17, 15) is 8.42 Å². The van der Waals surface area contributed by atoms with Crippen LogP contribution >= 0.6 is 0 Å². The van der Waals surface area contributed by atoms with Crippen LogP contribution in [0.4, 0.5) is 0 Å². The quantitative estimate of drug-likeness (QED) is 0.593. The SMILES string of the molecule is CCCNC1=NS(=O)(=O)N=C1NCCCOc1cccc(CN2CCCCC2)c1. The Bertz CT molecular complexity index is 832. The molecule has 29 heavy (non-hydrogen) atoms. The Kier molecular flexibility index (Phi) is 7.88. The molecule has 1 fully saturated rings. The van der Waals surface area contributed by atoms with Crippen molar-refractivity contribution in [2.24, 2.45) is 8.80 Å². The number of likely N-dealkylation sites (tertiary alicyclic amines) is 1. The van der Waals surface area contributed by atoms with Crippen molar-refractivity contribution in [3.05, 3.63) is 29.8 Å². The number of rotatable bonds is 9. The van der Waals surface area contributed by atoms with E-state index in [2.05, 4.69) is 36.5 Å². The summed E-state index contributed by atoms with van der Waals surface area (Å²) in [6, 6.07) is 8.26. The summed E-state index contributed by atoms with van der Waals surface area (Å²) in [5, 5.41) is 6.02. The summed E-state index contributed by atoms with van der Waals surface area (Å²) >= 11 is 0. The van der Waals surface area contributed by atoms with Crippen LogP contribution in [0.1, 0.15) is 44.6 Å². The molecule has 8 nitrogen and oxygen atoms in total. The van der Waals surface area contributed by atoms with Crippen LogP contribution in [-0.4, -0.2) is 57.8 Å².